The van der Waals surface area contributed by atoms with E-state index in [1.807, 2.05) is 30.3 Å². The average Bonchev–Trinajstić information content (AvgIpc) is 2.18. The monoisotopic (exact) mass is 208 g/mol. The number of rotatable bonds is 4. The Hall–Kier alpha value is -1.39. The van der Waals surface area contributed by atoms with Crippen LogP contribution < -0.4 is 11.1 Å². The zero-order chi connectivity index (χ0) is 11.3. The summed E-state index contributed by atoms with van der Waals surface area (Å²) in [5, 5.41) is 11.3. The number of carbonyl (C=O) groups excluding carboxylic acids is 1. The van der Waals surface area contributed by atoms with Gasteiger partial charge in [0.05, 0.1) is 6.04 Å². The number of amides is 1. The highest BCUT2D eigenvalue weighted by Gasteiger charge is 2.14. The number of carbonyl (C=O) groups is 1. The molecule has 4 N–H and O–H groups in total. The van der Waals surface area contributed by atoms with Gasteiger partial charge in [0.25, 0.3) is 0 Å². The van der Waals surface area contributed by atoms with Crippen molar-refractivity contribution in [3.63, 3.8) is 0 Å². The normalized spacial score (nSPS) is 14.3. The molecule has 0 spiro atoms. The third-order valence-corrected chi connectivity index (χ3v) is 1.99. The first kappa shape index (κ1) is 11.7. The Kier molecular flexibility index (Phi) is 4.27. The Balaban J connectivity index is 2.49. The minimum atomic E-state index is -0.862. The summed E-state index contributed by atoms with van der Waals surface area (Å²) in [7, 11) is 0. The summed E-state index contributed by atoms with van der Waals surface area (Å²) in [4.78, 5) is 11.4. The van der Waals surface area contributed by atoms with Gasteiger partial charge in [-0.1, -0.05) is 30.3 Å². The van der Waals surface area contributed by atoms with E-state index in [4.69, 9.17) is 10.8 Å². The lowest BCUT2D eigenvalue weighted by Gasteiger charge is -2.13. The van der Waals surface area contributed by atoms with Crippen molar-refractivity contribution >= 4 is 5.91 Å². The van der Waals surface area contributed by atoms with Crippen LogP contribution in [-0.2, 0) is 11.2 Å². The Bertz CT molecular complexity index is 312. The van der Waals surface area contributed by atoms with Crippen LogP contribution in [-0.4, -0.2) is 23.3 Å². The number of aliphatic hydroxyl groups is 1. The van der Waals surface area contributed by atoms with Gasteiger partial charge in [-0.15, -0.1) is 0 Å². The molecule has 82 valence electrons. The molecule has 0 saturated heterocycles. The second kappa shape index (κ2) is 5.48. The van der Waals surface area contributed by atoms with Crippen molar-refractivity contribution < 1.29 is 9.90 Å². The molecule has 0 radical (unpaired) electrons. The largest absolute Gasteiger partial charge is 0.374 e. The van der Waals surface area contributed by atoms with Crippen molar-refractivity contribution in [2.45, 2.75) is 25.6 Å². The Labute approximate surface area is 89.1 Å². The van der Waals surface area contributed by atoms with Crippen LogP contribution in [0.25, 0.3) is 0 Å². The van der Waals surface area contributed by atoms with Crippen LogP contribution in [0.2, 0.25) is 0 Å². The van der Waals surface area contributed by atoms with Crippen molar-refractivity contribution in [2.24, 2.45) is 5.73 Å². The molecule has 15 heavy (non-hydrogen) atoms. The Morgan fingerprint density at radius 2 is 2.07 bits per heavy atom. The zero-order valence-corrected chi connectivity index (χ0v) is 8.68. The van der Waals surface area contributed by atoms with Crippen LogP contribution in [0.3, 0.4) is 0 Å². The minimum Gasteiger partial charge on any atom is -0.374 e. The summed E-state index contributed by atoms with van der Waals surface area (Å²) < 4.78 is 0. The van der Waals surface area contributed by atoms with Crippen LogP contribution in [0.4, 0.5) is 0 Å². The smallest absolute Gasteiger partial charge is 0.239 e. The molecule has 1 aromatic carbocycles. The first-order valence-corrected chi connectivity index (χ1v) is 4.87. The number of benzene rings is 1. The summed E-state index contributed by atoms with van der Waals surface area (Å²) >= 11 is 0. The maximum absolute atomic E-state index is 11.4. The number of nitrogens with one attached hydrogen (secondary N) is 1. The molecular weight excluding hydrogens is 192 g/mol. The molecule has 0 fully saturated rings. The molecule has 0 heterocycles. The lowest BCUT2D eigenvalue weighted by Crippen LogP contribution is -2.45. The Morgan fingerprint density at radius 3 is 2.60 bits per heavy atom. The summed E-state index contributed by atoms with van der Waals surface area (Å²) in [6.07, 6.45) is -0.390. The highest BCUT2D eigenvalue weighted by Crippen LogP contribution is 2.01. The maximum Gasteiger partial charge on any atom is 0.239 e. The van der Waals surface area contributed by atoms with Gasteiger partial charge in [-0.25, -0.2) is 0 Å². The van der Waals surface area contributed by atoms with Crippen molar-refractivity contribution in [2.75, 3.05) is 0 Å². The predicted octanol–water partition coefficient (Wildman–Crippen LogP) is 0.0109. The third kappa shape index (κ3) is 4.10. The first-order chi connectivity index (χ1) is 7.09. The molecule has 1 amide bonds. The van der Waals surface area contributed by atoms with E-state index in [2.05, 4.69) is 5.32 Å². The van der Waals surface area contributed by atoms with Gasteiger partial charge in [-0.2, -0.15) is 0 Å². The molecule has 2 unspecified atom stereocenters. The molecule has 1 rings (SSSR count). The minimum absolute atomic E-state index is 0.339. The number of aliphatic hydroxyl groups excluding tert-OH is 1. The van der Waals surface area contributed by atoms with Crippen LogP contribution >= 0.6 is 0 Å². The fraction of sp³-hybridized carbons (Fsp3) is 0.364. The summed E-state index contributed by atoms with van der Waals surface area (Å²) in [6.45, 7) is 1.48. The molecule has 0 aliphatic heterocycles. The Morgan fingerprint density at radius 1 is 1.47 bits per heavy atom. The molecule has 0 saturated carbocycles. The topological polar surface area (TPSA) is 75.3 Å². The van der Waals surface area contributed by atoms with Crippen LogP contribution in [0, 0.1) is 0 Å². The lowest BCUT2D eigenvalue weighted by atomic mass is 10.1. The van der Waals surface area contributed by atoms with E-state index in [1.165, 1.54) is 6.92 Å². The van der Waals surface area contributed by atoms with Crippen molar-refractivity contribution in [1.82, 2.24) is 5.32 Å². The van der Waals surface area contributed by atoms with E-state index >= 15 is 0 Å². The van der Waals surface area contributed by atoms with E-state index in [0.717, 1.165) is 5.56 Å². The second-order valence-electron chi connectivity index (χ2n) is 3.48. The van der Waals surface area contributed by atoms with E-state index in [-0.39, 0.29) is 5.91 Å². The van der Waals surface area contributed by atoms with Gasteiger partial charge in [0, 0.05) is 0 Å². The fourth-order valence-electron chi connectivity index (χ4n) is 1.27. The van der Waals surface area contributed by atoms with Crippen LogP contribution in [0.1, 0.15) is 12.5 Å². The summed E-state index contributed by atoms with van der Waals surface area (Å²) in [6, 6.07) is 8.90. The molecule has 0 bridgehead atoms. The number of hydrogen-bond donors (Lipinski definition) is 3. The van der Waals surface area contributed by atoms with E-state index in [0.29, 0.717) is 6.42 Å². The fourth-order valence-corrected chi connectivity index (χ4v) is 1.27. The quantitative estimate of drug-likeness (QED) is 0.610. The summed E-state index contributed by atoms with van der Waals surface area (Å²) in [5.41, 5.74) is 6.68. The van der Waals surface area contributed by atoms with E-state index < -0.39 is 12.3 Å². The number of nitrogens with two attached hydrogens (primary N) is 1. The predicted molar refractivity (Wildman–Crippen MR) is 57.9 cm³/mol. The third-order valence-electron chi connectivity index (χ3n) is 1.99. The van der Waals surface area contributed by atoms with Gasteiger partial charge in [0.2, 0.25) is 5.91 Å². The van der Waals surface area contributed by atoms with Gasteiger partial charge in [0.1, 0.15) is 6.23 Å². The highest BCUT2D eigenvalue weighted by atomic mass is 16.3. The van der Waals surface area contributed by atoms with Gasteiger partial charge in [0.15, 0.2) is 0 Å². The highest BCUT2D eigenvalue weighted by molar-refractivity contribution is 5.81. The van der Waals surface area contributed by atoms with Crippen molar-refractivity contribution in [1.29, 1.82) is 0 Å². The number of hydrogen-bond acceptors (Lipinski definition) is 3. The first-order valence-electron chi connectivity index (χ1n) is 4.87. The standard InChI is InChI=1S/C11H16N2O2/c1-8(14)13-11(15)10(12)7-9-5-3-2-4-6-9/h2-6,8,10,14H,7,12H2,1H3,(H,13,15). The second-order valence-corrected chi connectivity index (χ2v) is 3.48. The molecule has 4 nitrogen and oxygen atoms in total. The molecular formula is C11H16N2O2. The SMILES string of the molecule is CC(O)NC(=O)C(N)Cc1ccccc1. The van der Waals surface area contributed by atoms with Crippen molar-refractivity contribution in [3.8, 4) is 0 Å². The van der Waals surface area contributed by atoms with Gasteiger partial charge >= 0.3 is 0 Å². The van der Waals surface area contributed by atoms with E-state index in [9.17, 15) is 4.79 Å². The molecule has 1 aromatic rings. The molecule has 2 atom stereocenters. The average molecular weight is 208 g/mol. The van der Waals surface area contributed by atoms with Crippen molar-refractivity contribution in [3.05, 3.63) is 35.9 Å². The zero-order valence-electron chi connectivity index (χ0n) is 8.68. The summed E-state index contributed by atoms with van der Waals surface area (Å²) in [5.74, 6) is -0.339. The van der Waals surface area contributed by atoms with Crippen LogP contribution in [0.15, 0.2) is 30.3 Å². The molecule has 0 aromatic heterocycles. The molecule has 0 aliphatic rings. The molecule has 0 aliphatic carbocycles. The lowest BCUT2D eigenvalue weighted by molar-refractivity contribution is -0.124. The van der Waals surface area contributed by atoms with E-state index in [1.54, 1.807) is 0 Å². The maximum atomic E-state index is 11.4. The van der Waals surface area contributed by atoms with Gasteiger partial charge in [-0.3, -0.25) is 4.79 Å². The van der Waals surface area contributed by atoms with Gasteiger partial charge < -0.3 is 16.2 Å². The van der Waals surface area contributed by atoms with Crippen LogP contribution in [0.5, 0.6) is 0 Å². The van der Waals surface area contributed by atoms with Gasteiger partial charge in [-0.05, 0) is 18.9 Å². The molecule has 4 heteroatoms.